The molecule has 0 aromatic heterocycles. The lowest BCUT2D eigenvalue weighted by molar-refractivity contribution is -0.138. The van der Waals surface area contributed by atoms with Gasteiger partial charge in [0.2, 0.25) is 0 Å². The number of para-hydroxylation sites is 1. The van der Waals surface area contributed by atoms with E-state index in [-0.39, 0.29) is 11.6 Å². The molecule has 0 saturated heterocycles. The first-order valence-electron chi connectivity index (χ1n) is 4.76. The Hall–Kier alpha value is -1.58. The summed E-state index contributed by atoms with van der Waals surface area (Å²) in [5.41, 5.74) is 0.221. The van der Waals surface area contributed by atoms with Gasteiger partial charge in [-0.05, 0) is 18.1 Å². The first-order valence-corrected chi connectivity index (χ1v) is 4.76. The number of aliphatic carboxylic acids is 1. The van der Waals surface area contributed by atoms with Gasteiger partial charge in [0.1, 0.15) is 11.9 Å². The number of carbonyl (C=O) groups is 1. The fraction of sp³-hybridized carbons (Fsp3) is 0.364. The molecule has 0 fully saturated rings. The van der Waals surface area contributed by atoms with Gasteiger partial charge in [0, 0.05) is 0 Å². The highest BCUT2D eigenvalue weighted by molar-refractivity contribution is 5.77. The number of rotatable bonds is 4. The maximum Gasteiger partial charge on any atom is 0.326 e. The number of hydrogen-bond acceptors (Lipinski definition) is 2. The molecular formula is C11H14FNO2. The van der Waals surface area contributed by atoms with Gasteiger partial charge in [0.05, 0.1) is 5.69 Å². The van der Waals surface area contributed by atoms with E-state index in [0.717, 1.165) is 0 Å². The second-order valence-corrected chi connectivity index (χ2v) is 3.68. The average molecular weight is 211 g/mol. The summed E-state index contributed by atoms with van der Waals surface area (Å²) in [7, 11) is 0. The van der Waals surface area contributed by atoms with E-state index in [1.165, 1.54) is 12.1 Å². The Kier molecular flexibility index (Phi) is 3.66. The number of benzene rings is 1. The van der Waals surface area contributed by atoms with E-state index < -0.39 is 17.8 Å². The van der Waals surface area contributed by atoms with Crippen molar-refractivity contribution in [2.45, 2.75) is 19.9 Å². The minimum absolute atomic E-state index is 0.109. The lowest BCUT2D eigenvalue weighted by atomic mass is 10.0. The molecule has 0 aliphatic rings. The summed E-state index contributed by atoms with van der Waals surface area (Å²) < 4.78 is 13.2. The number of nitrogens with one attached hydrogen (secondary N) is 1. The Morgan fingerprint density at radius 2 is 2.00 bits per heavy atom. The molecule has 0 aliphatic carbocycles. The van der Waals surface area contributed by atoms with Crippen LogP contribution in [0.4, 0.5) is 10.1 Å². The molecule has 82 valence electrons. The molecule has 0 bridgehead atoms. The van der Waals surface area contributed by atoms with Gasteiger partial charge in [0.25, 0.3) is 0 Å². The fourth-order valence-corrected chi connectivity index (χ4v) is 1.26. The Labute approximate surface area is 87.9 Å². The maximum atomic E-state index is 13.2. The summed E-state index contributed by atoms with van der Waals surface area (Å²) in [6.07, 6.45) is 0. The third-order valence-electron chi connectivity index (χ3n) is 2.12. The molecule has 15 heavy (non-hydrogen) atoms. The third-order valence-corrected chi connectivity index (χ3v) is 2.12. The molecule has 0 heterocycles. The first kappa shape index (κ1) is 11.5. The summed E-state index contributed by atoms with van der Waals surface area (Å²) in [6.45, 7) is 3.54. The van der Waals surface area contributed by atoms with E-state index in [4.69, 9.17) is 5.11 Å². The number of carboxylic acids is 1. The van der Waals surface area contributed by atoms with Gasteiger partial charge < -0.3 is 10.4 Å². The van der Waals surface area contributed by atoms with Crippen molar-refractivity contribution in [1.82, 2.24) is 0 Å². The maximum absolute atomic E-state index is 13.2. The SMILES string of the molecule is CC(C)C(Nc1ccccc1F)C(=O)O. The summed E-state index contributed by atoms with van der Waals surface area (Å²) in [5.74, 6) is -1.53. The smallest absolute Gasteiger partial charge is 0.326 e. The topological polar surface area (TPSA) is 49.3 Å². The van der Waals surface area contributed by atoms with Crippen molar-refractivity contribution in [2.24, 2.45) is 5.92 Å². The Bertz CT molecular complexity index is 352. The van der Waals surface area contributed by atoms with E-state index in [1.807, 2.05) is 0 Å². The van der Waals surface area contributed by atoms with Crippen molar-refractivity contribution in [1.29, 1.82) is 0 Å². The quantitative estimate of drug-likeness (QED) is 0.803. The zero-order chi connectivity index (χ0) is 11.4. The van der Waals surface area contributed by atoms with Crippen molar-refractivity contribution in [2.75, 3.05) is 5.32 Å². The van der Waals surface area contributed by atoms with E-state index in [0.29, 0.717) is 0 Å². The fourth-order valence-electron chi connectivity index (χ4n) is 1.26. The van der Waals surface area contributed by atoms with Crippen LogP contribution in [0, 0.1) is 11.7 Å². The Morgan fingerprint density at radius 3 is 2.47 bits per heavy atom. The van der Waals surface area contributed by atoms with E-state index in [2.05, 4.69) is 5.32 Å². The molecule has 0 radical (unpaired) electrons. The minimum Gasteiger partial charge on any atom is -0.480 e. The van der Waals surface area contributed by atoms with Crippen molar-refractivity contribution in [3.8, 4) is 0 Å². The molecule has 3 nitrogen and oxygen atoms in total. The predicted octanol–water partition coefficient (Wildman–Crippen LogP) is 2.35. The second kappa shape index (κ2) is 4.77. The summed E-state index contributed by atoms with van der Waals surface area (Å²) in [4.78, 5) is 10.9. The molecule has 1 aromatic carbocycles. The highest BCUT2D eigenvalue weighted by atomic mass is 19.1. The summed E-state index contributed by atoms with van der Waals surface area (Å²) >= 11 is 0. The summed E-state index contributed by atoms with van der Waals surface area (Å²) in [6, 6.07) is 5.26. The van der Waals surface area contributed by atoms with Crippen molar-refractivity contribution < 1.29 is 14.3 Å². The van der Waals surface area contributed by atoms with Gasteiger partial charge in [-0.2, -0.15) is 0 Å². The molecule has 4 heteroatoms. The first-order chi connectivity index (χ1) is 7.02. The predicted molar refractivity (Wildman–Crippen MR) is 56.3 cm³/mol. The monoisotopic (exact) mass is 211 g/mol. The lowest BCUT2D eigenvalue weighted by Gasteiger charge is -2.19. The van der Waals surface area contributed by atoms with E-state index in [1.54, 1.807) is 26.0 Å². The zero-order valence-corrected chi connectivity index (χ0v) is 8.70. The van der Waals surface area contributed by atoms with Crippen molar-refractivity contribution in [3.63, 3.8) is 0 Å². The van der Waals surface area contributed by atoms with Crippen LogP contribution in [0.15, 0.2) is 24.3 Å². The number of halogens is 1. The standard InChI is InChI=1S/C11H14FNO2/c1-7(2)10(11(14)15)13-9-6-4-3-5-8(9)12/h3-7,10,13H,1-2H3,(H,14,15). The molecular weight excluding hydrogens is 197 g/mol. The zero-order valence-electron chi connectivity index (χ0n) is 8.70. The lowest BCUT2D eigenvalue weighted by Crippen LogP contribution is -2.34. The number of carboxylic acid groups (broad SMARTS) is 1. The van der Waals surface area contributed by atoms with Gasteiger partial charge in [-0.15, -0.1) is 0 Å². The van der Waals surface area contributed by atoms with Crippen molar-refractivity contribution in [3.05, 3.63) is 30.1 Å². The normalized spacial score (nSPS) is 12.5. The molecule has 0 spiro atoms. The van der Waals surface area contributed by atoms with Gasteiger partial charge >= 0.3 is 5.97 Å². The van der Waals surface area contributed by atoms with Crippen LogP contribution < -0.4 is 5.32 Å². The molecule has 0 amide bonds. The van der Waals surface area contributed by atoms with Gasteiger partial charge in [-0.3, -0.25) is 0 Å². The number of anilines is 1. The van der Waals surface area contributed by atoms with Crippen LogP contribution in [0.2, 0.25) is 0 Å². The van der Waals surface area contributed by atoms with Crippen LogP contribution in [-0.2, 0) is 4.79 Å². The number of hydrogen-bond donors (Lipinski definition) is 2. The third kappa shape index (κ3) is 2.94. The Morgan fingerprint density at radius 1 is 1.40 bits per heavy atom. The molecule has 2 N–H and O–H groups in total. The average Bonchev–Trinajstić information content (AvgIpc) is 2.15. The second-order valence-electron chi connectivity index (χ2n) is 3.68. The van der Waals surface area contributed by atoms with Crippen LogP contribution in [0.5, 0.6) is 0 Å². The summed E-state index contributed by atoms with van der Waals surface area (Å²) in [5, 5.41) is 11.6. The van der Waals surface area contributed by atoms with Crippen LogP contribution in [0.3, 0.4) is 0 Å². The van der Waals surface area contributed by atoms with E-state index >= 15 is 0 Å². The van der Waals surface area contributed by atoms with Crippen molar-refractivity contribution >= 4 is 11.7 Å². The molecule has 0 saturated carbocycles. The molecule has 1 atom stereocenters. The van der Waals surface area contributed by atoms with E-state index in [9.17, 15) is 9.18 Å². The highest BCUT2D eigenvalue weighted by Gasteiger charge is 2.21. The minimum atomic E-state index is -0.978. The van der Waals surface area contributed by atoms with Crippen LogP contribution in [0.1, 0.15) is 13.8 Å². The highest BCUT2D eigenvalue weighted by Crippen LogP contribution is 2.16. The van der Waals surface area contributed by atoms with Crippen LogP contribution in [0.25, 0.3) is 0 Å². The van der Waals surface area contributed by atoms with Gasteiger partial charge in [0.15, 0.2) is 0 Å². The molecule has 1 rings (SSSR count). The van der Waals surface area contributed by atoms with Crippen LogP contribution >= 0.6 is 0 Å². The molecule has 1 aromatic rings. The largest absolute Gasteiger partial charge is 0.480 e. The van der Waals surface area contributed by atoms with Crippen LogP contribution in [-0.4, -0.2) is 17.1 Å². The Balaban J connectivity index is 2.84. The van der Waals surface area contributed by atoms with Gasteiger partial charge in [-0.25, -0.2) is 9.18 Å². The molecule has 0 aliphatic heterocycles. The van der Waals surface area contributed by atoms with Gasteiger partial charge in [-0.1, -0.05) is 26.0 Å². The molecule has 1 unspecified atom stereocenters.